The van der Waals surface area contributed by atoms with Crippen LogP contribution in [0.2, 0.25) is 0 Å². The number of hydrogen-bond donors (Lipinski definition) is 1. The molecule has 1 heterocycles. The molecule has 17 heavy (non-hydrogen) atoms. The van der Waals surface area contributed by atoms with Gasteiger partial charge in [0.25, 0.3) is 0 Å². The van der Waals surface area contributed by atoms with Crippen molar-refractivity contribution in [2.75, 3.05) is 6.54 Å². The highest BCUT2D eigenvalue weighted by atomic mass is 35.5. The second kappa shape index (κ2) is 4.51. The van der Waals surface area contributed by atoms with Crippen molar-refractivity contribution in [1.82, 2.24) is 5.32 Å². The van der Waals surface area contributed by atoms with E-state index in [4.69, 9.17) is 16.3 Å². The first kappa shape index (κ1) is 11.4. The fourth-order valence-electron chi connectivity index (χ4n) is 2.58. The molecule has 3 rings (SSSR count). The van der Waals surface area contributed by atoms with Crippen LogP contribution in [0.1, 0.15) is 24.0 Å². The fourth-order valence-corrected chi connectivity index (χ4v) is 3.01. The maximum Gasteiger partial charge on any atom is 0.123 e. The van der Waals surface area contributed by atoms with Crippen molar-refractivity contribution in [2.24, 2.45) is 0 Å². The summed E-state index contributed by atoms with van der Waals surface area (Å²) in [7, 11) is 0. The van der Waals surface area contributed by atoms with Gasteiger partial charge in [-0.05, 0) is 31.4 Å². The fraction of sp³-hybridized carbons (Fsp3) is 0.571. The second-order valence-corrected chi connectivity index (χ2v) is 5.85. The summed E-state index contributed by atoms with van der Waals surface area (Å²) < 4.78 is 5.91. The number of aryl methyl sites for hydroxylation is 1. The minimum absolute atomic E-state index is 0.293. The number of rotatable bonds is 3. The van der Waals surface area contributed by atoms with Crippen LogP contribution in [0.4, 0.5) is 0 Å². The zero-order valence-electron chi connectivity index (χ0n) is 10.1. The van der Waals surface area contributed by atoms with Crippen molar-refractivity contribution >= 4 is 11.6 Å². The average Bonchev–Trinajstić information content (AvgIpc) is 2.64. The maximum atomic E-state index is 5.96. The Morgan fingerprint density at radius 3 is 3.00 bits per heavy atom. The molecule has 2 nitrogen and oxygen atoms in total. The molecule has 1 aliphatic carbocycles. The molecule has 1 atom stereocenters. The molecule has 0 aromatic heterocycles. The van der Waals surface area contributed by atoms with Crippen LogP contribution in [0, 0.1) is 6.92 Å². The molecule has 0 amide bonds. The average molecular weight is 252 g/mol. The molecule has 0 saturated heterocycles. The lowest BCUT2D eigenvalue weighted by molar-refractivity contribution is 0.208. The number of halogens is 1. The second-order valence-electron chi connectivity index (χ2n) is 5.23. The molecular weight excluding hydrogens is 234 g/mol. The van der Waals surface area contributed by atoms with E-state index in [0.717, 1.165) is 31.6 Å². The lowest BCUT2D eigenvalue weighted by atomic mass is 9.92. The Balaban J connectivity index is 1.52. The highest BCUT2D eigenvalue weighted by molar-refractivity contribution is 6.21. The van der Waals surface area contributed by atoms with Crippen molar-refractivity contribution in [3.63, 3.8) is 0 Å². The zero-order valence-corrected chi connectivity index (χ0v) is 10.8. The molecule has 1 fully saturated rings. The van der Waals surface area contributed by atoms with E-state index in [-0.39, 0.29) is 0 Å². The third-order valence-electron chi connectivity index (χ3n) is 3.67. The van der Waals surface area contributed by atoms with Crippen LogP contribution in [-0.2, 0) is 6.42 Å². The van der Waals surface area contributed by atoms with Crippen LogP contribution in [-0.4, -0.2) is 24.1 Å². The van der Waals surface area contributed by atoms with Gasteiger partial charge in [0, 0.05) is 24.4 Å². The van der Waals surface area contributed by atoms with Gasteiger partial charge in [-0.3, -0.25) is 0 Å². The molecule has 92 valence electrons. The summed E-state index contributed by atoms with van der Waals surface area (Å²) in [4.78, 5) is 0. The van der Waals surface area contributed by atoms with E-state index in [1.54, 1.807) is 0 Å². The van der Waals surface area contributed by atoms with Gasteiger partial charge in [0.05, 0.1) is 0 Å². The van der Waals surface area contributed by atoms with Gasteiger partial charge in [-0.1, -0.05) is 17.7 Å². The number of ether oxygens (including phenoxy) is 1. The lowest BCUT2D eigenvalue weighted by Crippen LogP contribution is -2.45. The number of benzene rings is 1. The maximum absolute atomic E-state index is 5.96. The molecule has 2 aliphatic rings. The van der Waals surface area contributed by atoms with E-state index >= 15 is 0 Å². The van der Waals surface area contributed by atoms with Crippen LogP contribution in [0.3, 0.4) is 0 Å². The molecule has 1 saturated carbocycles. The van der Waals surface area contributed by atoms with Crippen molar-refractivity contribution in [3.8, 4) is 5.75 Å². The largest absolute Gasteiger partial charge is 0.488 e. The zero-order chi connectivity index (χ0) is 11.8. The van der Waals surface area contributed by atoms with Crippen molar-refractivity contribution < 1.29 is 4.74 Å². The summed E-state index contributed by atoms with van der Waals surface area (Å²) in [5, 5.41) is 3.92. The summed E-state index contributed by atoms with van der Waals surface area (Å²) in [6.07, 6.45) is 3.52. The SMILES string of the molecule is Cc1ccc2c(c1)CC(CNC1CC(Cl)C1)O2. The van der Waals surface area contributed by atoms with Crippen molar-refractivity contribution in [3.05, 3.63) is 29.3 Å². The molecule has 0 bridgehead atoms. The van der Waals surface area contributed by atoms with Crippen molar-refractivity contribution in [2.45, 2.75) is 43.7 Å². The third kappa shape index (κ3) is 2.43. The van der Waals surface area contributed by atoms with Crippen LogP contribution < -0.4 is 10.1 Å². The molecule has 1 N–H and O–H groups in total. The van der Waals surface area contributed by atoms with Crippen molar-refractivity contribution in [1.29, 1.82) is 0 Å². The normalized spacial score (nSPS) is 30.6. The molecule has 1 aromatic rings. The Kier molecular flexibility index (Phi) is 3.01. The highest BCUT2D eigenvalue weighted by Gasteiger charge is 2.29. The van der Waals surface area contributed by atoms with Crippen LogP contribution in [0.15, 0.2) is 18.2 Å². The highest BCUT2D eigenvalue weighted by Crippen LogP contribution is 2.30. The van der Waals surface area contributed by atoms with Gasteiger partial charge < -0.3 is 10.1 Å². The number of fused-ring (bicyclic) bond motifs is 1. The van der Waals surface area contributed by atoms with Gasteiger partial charge in [-0.2, -0.15) is 0 Å². The minimum atomic E-state index is 0.293. The Bertz CT molecular complexity index is 415. The molecule has 3 heteroatoms. The number of nitrogens with one attached hydrogen (secondary N) is 1. The first-order valence-electron chi connectivity index (χ1n) is 6.34. The molecule has 1 unspecified atom stereocenters. The number of hydrogen-bond acceptors (Lipinski definition) is 2. The Morgan fingerprint density at radius 1 is 1.41 bits per heavy atom. The van der Waals surface area contributed by atoms with E-state index < -0.39 is 0 Å². The predicted octanol–water partition coefficient (Wildman–Crippen LogP) is 2.66. The van der Waals surface area contributed by atoms with E-state index in [9.17, 15) is 0 Å². The summed E-state index contributed by atoms with van der Waals surface area (Å²) in [6, 6.07) is 7.03. The van der Waals surface area contributed by atoms with E-state index in [1.165, 1.54) is 11.1 Å². The smallest absolute Gasteiger partial charge is 0.123 e. The topological polar surface area (TPSA) is 21.3 Å². The minimum Gasteiger partial charge on any atom is -0.488 e. The summed E-state index contributed by atoms with van der Waals surface area (Å²) in [6.45, 7) is 3.06. The first-order valence-corrected chi connectivity index (χ1v) is 6.78. The number of alkyl halides is 1. The standard InChI is InChI=1S/C14H18ClNO/c1-9-2-3-14-10(4-9)5-13(17-14)8-16-12-6-11(15)7-12/h2-4,11-13,16H,5-8H2,1H3. The monoisotopic (exact) mass is 251 g/mol. The molecule has 1 aliphatic heterocycles. The van der Waals surface area contributed by atoms with Crippen LogP contribution in [0.5, 0.6) is 5.75 Å². The van der Waals surface area contributed by atoms with E-state index in [1.807, 2.05) is 0 Å². The molecule has 0 spiro atoms. The molecule has 0 radical (unpaired) electrons. The summed E-state index contributed by atoms with van der Waals surface area (Å²) in [5.74, 6) is 1.06. The van der Waals surface area contributed by atoms with Crippen LogP contribution >= 0.6 is 11.6 Å². The first-order chi connectivity index (χ1) is 8.20. The van der Waals surface area contributed by atoms with Crippen LogP contribution in [0.25, 0.3) is 0 Å². The van der Waals surface area contributed by atoms with Gasteiger partial charge in [0.2, 0.25) is 0 Å². The van der Waals surface area contributed by atoms with Gasteiger partial charge in [-0.25, -0.2) is 0 Å². The quantitative estimate of drug-likeness (QED) is 0.834. The Hall–Kier alpha value is -0.730. The predicted molar refractivity (Wildman–Crippen MR) is 70.0 cm³/mol. The summed E-state index contributed by atoms with van der Waals surface area (Å²) >= 11 is 5.96. The van der Waals surface area contributed by atoms with Gasteiger partial charge >= 0.3 is 0 Å². The lowest BCUT2D eigenvalue weighted by Gasteiger charge is -2.32. The molecule has 1 aromatic carbocycles. The summed E-state index contributed by atoms with van der Waals surface area (Å²) in [5.41, 5.74) is 2.66. The molecular formula is C14H18ClNO. The van der Waals surface area contributed by atoms with E-state index in [2.05, 4.69) is 30.4 Å². The van der Waals surface area contributed by atoms with Gasteiger partial charge in [-0.15, -0.1) is 11.6 Å². The Morgan fingerprint density at radius 2 is 2.24 bits per heavy atom. The third-order valence-corrected chi connectivity index (χ3v) is 4.03. The van der Waals surface area contributed by atoms with Gasteiger partial charge in [0.15, 0.2) is 0 Å². The Labute approximate surface area is 107 Å². The van der Waals surface area contributed by atoms with Gasteiger partial charge in [0.1, 0.15) is 11.9 Å². The van der Waals surface area contributed by atoms with E-state index in [0.29, 0.717) is 17.5 Å².